The molecule has 0 unspecified atom stereocenters. The van der Waals surface area contributed by atoms with Crippen LogP contribution in [0.2, 0.25) is 0 Å². The van der Waals surface area contributed by atoms with Crippen molar-refractivity contribution in [3.63, 3.8) is 0 Å². The van der Waals surface area contributed by atoms with Gasteiger partial charge in [-0.05, 0) is 68.7 Å². The molecule has 3 aliphatic rings. The Balaban J connectivity index is 1.36. The molecule has 40 heavy (non-hydrogen) atoms. The van der Waals surface area contributed by atoms with E-state index in [0.29, 0.717) is 6.42 Å². The van der Waals surface area contributed by atoms with E-state index in [1.807, 2.05) is 36.4 Å². The van der Waals surface area contributed by atoms with Gasteiger partial charge in [0.2, 0.25) is 0 Å². The minimum atomic E-state index is -1.61. The van der Waals surface area contributed by atoms with Crippen molar-refractivity contribution in [2.75, 3.05) is 33.4 Å². The summed E-state index contributed by atoms with van der Waals surface area (Å²) in [6, 6.07) is 16.1. The molecule has 0 atom stereocenters. The van der Waals surface area contributed by atoms with Crippen LogP contribution in [0, 0.1) is 0 Å². The molecule has 2 amide bonds. The first kappa shape index (κ1) is 28.0. The topological polar surface area (TPSA) is 106 Å². The third-order valence-corrected chi connectivity index (χ3v) is 8.52. The minimum absolute atomic E-state index is 0.0737. The number of carbonyl (C=O) groups excluding carboxylic acids is 2. The number of ether oxygens (including phenoxy) is 3. The standard InChI is InChI=1S/C31H38N2O7/c1-29(2,3)40-27(36)32-19-31(20-32,26(34)35)33(17-16-30(38-4)14-9-15-30)28(37)39-18-25-23-12-7-5-10-21(23)22-11-6-8-13-24(22)25/h5-8,10-13,25H,9,14-20H2,1-4H3,(H,34,35). The third kappa shape index (κ3) is 5.03. The second kappa shape index (κ2) is 10.4. The van der Waals surface area contributed by atoms with E-state index in [4.69, 9.17) is 14.2 Å². The van der Waals surface area contributed by atoms with Crippen LogP contribution >= 0.6 is 0 Å². The molecule has 2 aliphatic carbocycles. The molecular formula is C31H38N2O7. The number of rotatable bonds is 8. The lowest BCUT2D eigenvalue weighted by atomic mass is 9.77. The zero-order valence-electron chi connectivity index (χ0n) is 23.6. The van der Waals surface area contributed by atoms with Gasteiger partial charge in [0, 0.05) is 19.6 Å². The van der Waals surface area contributed by atoms with Crippen molar-refractivity contribution in [3.05, 3.63) is 59.7 Å². The van der Waals surface area contributed by atoms with Gasteiger partial charge in [-0.15, -0.1) is 0 Å². The molecule has 0 aromatic heterocycles. The van der Waals surface area contributed by atoms with Crippen LogP contribution in [0.15, 0.2) is 48.5 Å². The van der Waals surface area contributed by atoms with E-state index in [1.165, 1.54) is 9.80 Å². The normalized spacial score (nSPS) is 18.6. The van der Waals surface area contributed by atoms with Crippen LogP contribution in [0.4, 0.5) is 9.59 Å². The lowest BCUT2D eigenvalue weighted by Gasteiger charge is -2.52. The van der Waals surface area contributed by atoms with Crippen LogP contribution in [-0.4, -0.2) is 83.2 Å². The first-order valence-corrected chi connectivity index (χ1v) is 13.9. The number of hydrogen-bond donors (Lipinski definition) is 1. The summed E-state index contributed by atoms with van der Waals surface area (Å²) >= 11 is 0. The first-order valence-electron chi connectivity index (χ1n) is 13.9. The molecule has 214 valence electrons. The van der Waals surface area contributed by atoms with Crippen LogP contribution < -0.4 is 0 Å². The maximum absolute atomic E-state index is 13.7. The fraction of sp³-hybridized carbons (Fsp3) is 0.516. The number of carbonyl (C=O) groups is 3. The Hall–Kier alpha value is -3.59. The molecule has 2 fully saturated rings. The van der Waals surface area contributed by atoms with E-state index in [-0.39, 0.29) is 37.8 Å². The van der Waals surface area contributed by atoms with Gasteiger partial charge in [0.15, 0.2) is 5.54 Å². The molecule has 0 bridgehead atoms. The molecule has 1 saturated heterocycles. The zero-order chi connectivity index (χ0) is 28.7. The van der Waals surface area contributed by atoms with Crippen LogP contribution in [-0.2, 0) is 19.0 Å². The minimum Gasteiger partial charge on any atom is -0.479 e. The Kier molecular flexibility index (Phi) is 7.29. The number of aliphatic carboxylic acids is 1. The highest BCUT2D eigenvalue weighted by Gasteiger charge is 2.59. The van der Waals surface area contributed by atoms with Gasteiger partial charge < -0.3 is 24.2 Å². The van der Waals surface area contributed by atoms with E-state index in [0.717, 1.165) is 41.5 Å². The monoisotopic (exact) mass is 550 g/mol. The lowest BCUT2D eigenvalue weighted by molar-refractivity contribution is -0.164. The van der Waals surface area contributed by atoms with E-state index in [1.54, 1.807) is 27.9 Å². The summed E-state index contributed by atoms with van der Waals surface area (Å²) in [4.78, 5) is 41.7. The van der Waals surface area contributed by atoms with Gasteiger partial charge in [0.1, 0.15) is 12.2 Å². The maximum Gasteiger partial charge on any atom is 0.410 e. The van der Waals surface area contributed by atoms with Crippen molar-refractivity contribution in [1.29, 1.82) is 0 Å². The van der Waals surface area contributed by atoms with Crippen LogP contribution in [0.3, 0.4) is 0 Å². The lowest BCUT2D eigenvalue weighted by Crippen LogP contribution is -2.76. The van der Waals surface area contributed by atoms with E-state index >= 15 is 0 Å². The summed E-state index contributed by atoms with van der Waals surface area (Å²) in [6.07, 6.45) is 1.89. The van der Waals surface area contributed by atoms with Gasteiger partial charge in [-0.3, -0.25) is 4.90 Å². The van der Waals surface area contributed by atoms with Crippen LogP contribution in [0.25, 0.3) is 11.1 Å². The molecule has 0 spiro atoms. The van der Waals surface area contributed by atoms with Crippen LogP contribution in [0.1, 0.15) is 63.5 Å². The number of carboxylic acids is 1. The predicted molar refractivity (Wildman–Crippen MR) is 148 cm³/mol. The molecule has 9 nitrogen and oxygen atoms in total. The molecule has 2 aromatic carbocycles. The molecule has 1 saturated carbocycles. The summed E-state index contributed by atoms with van der Waals surface area (Å²) in [5, 5.41) is 10.4. The third-order valence-electron chi connectivity index (χ3n) is 8.52. The van der Waals surface area contributed by atoms with E-state index in [9.17, 15) is 19.5 Å². The second-order valence-electron chi connectivity index (χ2n) is 12.1. The fourth-order valence-electron chi connectivity index (χ4n) is 6.06. The Morgan fingerprint density at radius 1 is 1.00 bits per heavy atom. The average molecular weight is 551 g/mol. The Morgan fingerprint density at radius 2 is 1.57 bits per heavy atom. The summed E-state index contributed by atoms with van der Waals surface area (Å²) in [5.74, 6) is -1.34. The number of carboxylic acid groups (broad SMARTS) is 1. The summed E-state index contributed by atoms with van der Waals surface area (Å²) in [5.41, 5.74) is 1.65. The highest BCUT2D eigenvalue weighted by molar-refractivity contribution is 5.89. The van der Waals surface area contributed by atoms with Gasteiger partial charge >= 0.3 is 18.2 Å². The molecule has 9 heteroatoms. The van der Waals surface area contributed by atoms with Crippen molar-refractivity contribution >= 4 is 18.2 Å². The first-order chi connectivity index (χ1) is 19.0. The average Bonchev–Trinajstić information content (AvgIpc) is 3.17. The fourth-order valence-corrected chi connectivity index (χ4v) is 6.06. The van der Waals surface area contributed by atoms with Gasteiger partial charge in [-0.25, -0.2) is 14.4 Å². The number of fused-ring (bicyclic) bond motifs is 3. The van der Waals surface area contributed by atoms with Crippen molar-refractivity contribution in [3.8, 4) is 11.1 Å². The van der Waals surface area contributed by atoms with Crippen LogP contribution in [0.5, 0.6) is 0 Å². The summed E-state index contributed by atoms with van der Waals surface area (Å²) < 4.78 is 17.1. The molecular weight excluding hydrogens is 512 g/mol. The molecule has 1 N–H and O–H groups in total. The van der Waals surface area contributed by atoms with E-state index < -0.39 is 29.3 Å². The maximum atomic E-state index is 13.7. The summed E-state index contributed by atoms with van der Waals surface area (Å²) in [7, 11) is 1.65. The van der Waals surface area contributed by atoms with Gasteiger partial charge in [-0.1, -0.05) is 48.5 Å². The number of hydrogen-bond acceptors (Lipinski definition) is 6. The number of amides is 2. The number of benzene rings is 2. The second-order valence-corrected chi connectivity index (χ2v) is 12.1. The predicted octanol–water partition coefficient (Wildman–Crippen LogP) is 5.27. The van der Waals surface area contributed by atoms with Crippen molar-refractivity contribution < 1.29 is 33.7 Å². The highest BCUT2D eigenvalue weighted by Crippen LogP contribution is 2.45. The zero-order valence-corrected chi connectivity index (χ0v) is 23.6. The van der Waals surface area contributed by atoms with Crippen molar-refractivity contribution in [2.45, 2.75) is 69.1 Å². The Morgan fingerprint density at radius 3 is 2.05 bits per heavy atom. The number of methoxy groups -OCH3 is 1. The Bertz CT molecular complexity index is 1240. The highest BCUT2D eigenvalue weighted by atomic mass is 16.6. The molecule has 0 radical (unpaired) electrons. The van der Waals surface area contributed by atoms with Crippen molar-refractivity contribution in [2.24, 2.45) is 0 Å². The largest absolute Gasteiger partial charge is 0.479 e. The molecule has 5 rings (SSSR count). The Labute approximate surface area is 235 Å². The van der Waals surface area contributed by atoms with E-state index in [2.05, 4.69) is 12.1 Å². The van der Waals surface area contributed by atoms with Crippen molar-refractivity contribution in [1.82, 2.24) is 9.80 Å². The smallest absolute Gasteiger partial charge is 0.410 e. The van der Waals surface area contributed by atoms with Gasteiger partial charge in [0.05, 0.1) is 18.7 Å². The molecule has 2 aromatic rings. The number of nitrogens with zero attached hydrogens (tertiary/aromatic N) is 2. The SMILES string of the molecule is COC1(CCN(C(=O)OCC2c3ccccc3-c3ccccc32)C2(C(=O)O)CN(C(=O)OC(C)(C)C)C2)CCC1. The summed E-state index contributed by atoms with van der Waals surface area (Å²) in [6.45, 7) is 5.11. The number of likely N-dealkylation sites (tertiary alicyclic amines) is 1. The quantitative estimate of drug-likeness (QED) is 0.477. The molecule has 1 heterocycles. The van der Waals surface area contributed by atoms with Gasteiger partial charge in [0.25, 0.3) is 0 Å². The van der Waals surface area contributed by atoms with Gasteiger partial charge in [-0.2, -0.15) is 0 Å². The molecule has 1 aliphatic heterocycles.